The van der Waals surface area contributed by atoms with Crippen LogP contribution in [0.2, 0.25) is 0 Å². The lowest BCUT2D eigenvalue weighted by molar-refractivity contribution is 0.0744. The van der Waals surface area contributed by atoms with Crippen LogP contribution in [0.1, 0.15) is 35.8 Å². The monoisotopic (exact) mass is 317 g/mol. The molecule has 1 aliphatic rings. The summed E-state index contributed by atoms with van der Waals surface area (Å²) in [5.41, 5.74) is 2.70. The van der Waals surface area contributed by atoms with E-state index in [1.165, 1.54) is 0 Å². The van der Waals surface area contributed by atoms with Crippen LogP contribution in [0.15, 0.2) is 54.6 Å². The van der Waals surface area contributed by atoms with Gasteiger partial charge in [0.1, 0.15) is 11.8 Å². The number of amides is 1. The van der Waals surface area contributed by atoms with E-state index in [9.17, 15) is 4.79 Å². The molecule has 0 saturated heterocycles. The highest BCUT2D eigenvalue weighted by Gasteiger charge is 2.24. The molecule has 3 rings (SSSR count). The minimum absolute atomic E-state index is 0.0590. The molecule has 0 aliphatic carbocycles. The summed E-state index contributed by atoms with van der Waals surface area (Å²) in [7, 11) is 0. The van der Waals surface area contributed by atoms with E-state index in [2.05, 4.69) is 24.1 Å². The number of benzene rings is 1. The normalized spacial score (nSPS) is 16.2. The fraction of sp³-hybridized carbons (Fsp3) is 0.250. The van der Waals surface area contributed by atoms with Crippen molar-refractivity contribution in [2.24, 2.45) is 0 Å². The predicted octanol–water partition coefficient (Wildman–Crippen LogP) is 3.80. The highest BCUT2D eigenvalue weighted by atomic mass is 16.2. The number of carbonyl (C=O) groups is 1. The zero-order chi connectivity index (χ0) is 16.9. The van der Waals surface area contributed by atoms with E-state index in [4.69, 9.17) is 5.26 Å². The molecule has 1 aromatic heterocycles. The second kappa shape index (κ2) is 7.10. The average molecular weight is 317 g/mol. The molecule has 1 amide bonds. The van der Waals surface area contributed by atoms with Gasteiger partial charge in [-0.3, -0.25) is 4.79 Å². The molecule has 0 N–H and O–H groups in total. The van der Waals surface area contributed by atoms with Crippen LogP contribution >= 0.6 is 0 Å². The van der Waals surface area contributed by atoms with Gasteiger partial charge in [0.25, 0.3) is 5.91 Å². The first-order chi connectivity index (χ1) is 11.7. The lowest BCUT2D eigenvalue weighted by atomic mass is 10.1. The van der Waals surface area contributed by atoms with Gasteiger partial charge in [-0.15, -0.1) is 0 Å². The molecular weight excluding hydrogens is 298 g/mol. The first-order valence-corrected chi connectivity index (χ1v) is 8.18. The lowest BCUT2D eigenvalue weighted by Crippen LogP contribution is -2.35. The Morgan fingerprint density at radius 3 is 2.79 bits per heavy atom. The third-order valence-electron chi connectivity index (χ3n) is 4.20. The van der Waals surface area contributed by atoms with Crippen molar-refractivity contribution < 1.29 is 4.79 Å². The van der Waals surface area contributed by atoms with E-state index < -0.39 is 0 Å². The van der Waals surface area contributed by atoms with E-state index >= 15 is 0 Å². The maximum absolute atomic E-state index is 12.7. The van der Waals surface area contributed by atoms with Gasteiger partial charge >= 0.3 is 0 Å². The molecule has 0 radical (unpaired) electrons. The van der Waals surface area contributed by atoms with Gasteiger partial charge in [0.15, 0.2) is 0 Å². The van der Waals surface area contributed by atoms with Gasteiger partial charge in [0.05, 0.1) is 11.7 Å². The van der Waals surface area contributed by atoms with Gasteiger partial charge in [0, 0.05) is 17.7 Å². The minimum atomic E-state index is 0.0590. The summed E-state index contributed by atoms with van der Waals surface area (Å²) in [4.78, 5) is 18.9. The van der Waals surface area contributed by atoms with Crippen LogP contribution in [-0.2, 0) is 0 Å². The molecule has 120 valence electrons. The SMILES string of the molecule is CCC[C@@H]1C=CCN1C(=O)c1ccc(-c2cccc(C#N)n2)cc1. The molecule has 0 fully saturated rings. The number of nitriles is 1. The third-order valence-corrected chi connectivity index (χ3v) is 4.20. The maximum Gasteiger partial charge on any atom is 0.254 e. The fourth-order valence-electron chi connectivity index (χ4n) is 2.96. The summed E-state index contributed by atoms with van der Waals surface area (Å²) in [6.07, 6.45) is 6.22. The Kier molecular flexibility index (Phi) is 4.72. The summed E-state index contributed by atoms with van der Waals surface area (Å²) >= 11 is 0. The summed E-state index contributed by atoms with van der Waals surface area (Å²) in [6, 6.07) is 15.0. The summed E-state index contributed by atoms with van der Waals surface area (Å²) in [5, 5.41) is 8.95. The van der Waals surface area contributed by atoms with Crippen molar-refractivity contribution in [3.63, 3.8) is 0 Å². The standard InChI is InChI=1S/C20H19N3O/c1-2-5-18-7-4-13-23(18)20(24)16-11-9-15(10-12-16)19-8-3-6-17(14-21)22-19/h3-4,6-12,18H,2,5,13H2,1H3/t18-/m1/s1. The molecule has 24 heavy (non-hydrogen) atoms. The highest BCUT2D eigenvalue weighted by Crippen LogP contribution is 2.21. The molecule has 1 atom stereocenters. The average Bonchev–Trinajstić information content (AvgIpc) is 3.10. The van der Waals surface area contributed by atoms with Crippen molar-refractivity contribution in [2.75, 3.05) is 6.54 Å². The van der Waals surface area contributed by atoms with Crippen LogP contribution in [0.4, 0.5) is 0 Å². The Balaban J connectivity index is 1.79. The summed E-state index contributed by atoms with van der Waals surface area (Å²) in [5.74, 6) is 0.0590. The second-order valence-electron chi connectivity index (χ2n) is 5.84. The zero-order valence-corrected chi connectivity index (χ0v) is 13.6. The molecular formula is C20H19N3O. The molecule has 0 bridgehead atoms. The number of carbonyl (C=O) groups excluding carboxylic acids is 1. The van der Waals surface area contributed by atoms with E-state index in [-0.39, 0.29) is 11.9 Å². The molecule has 1 aromatic carbocycles. The molecule has 1 aliphatic heterocycles. The van der Waals surface area contributed by atoms with Crippen LogP contribution in [0.5, 0.6) is 0 Å². The van der Waals surface area contributed by atoms with Gasteiger partial charge in [-0.1, -0.05) is 43.7 Å². The number of hydrogen-bond donors (Lipinski definition) is 0. The summed E-state index contributed by atoms with van der Waals surface area (Å²) < 4.78 is 0. The Bertz CT molecular complexity index is 802. The Hall–Kier alpha value is -2.93. The Labute approximate surface area is 142 Å². The predicted molar refractivity (Wildman–Crippen MR) is 93.3 cm³/mol. The van der Waals surface area contributed by atoms with Crippen molar-refractivity contribution in [1.29, 1.82) is 5.26 Å². The molecule has 4 nitrogen and oxygen atoms in total. The third kappa shape index (κ3) is 3.21. The van der Waals surface area contributed by atoms with E-state index in [0.29, 0.717) is 17.8 Å². The number of pyridine rings is 1. The second-order valence-corrected chi connectivity index (χ2v) is 5.84. The summed E-state index contributed by atoms with van der Waals surface area (Å²) in [6.45, 7) is 2.81. The zero-order valence-electron chi connectivity index (χ0n) is 13.6. The van der Waals surface area contributed by atoms with Gasteiger partial charge < -0.3 is 4.90 Å². The van der Waals surface area contributed by atoms with Crippen LogP contribution in [-0.4, -0.2) is 28.4 Å². The topological polar surface area (TPSA) is 57.0 Å². The first-order valence-electron chi connectivity index (χ1n) is 8.18. The van der Waals surface area contributed by atoms with Crippen molar-refractivity contribution in [1.82, 2.24) is 9.88 Å². The minimum Gasteiger partial charge on any atom is -0.328 e. The molecule has 4 heteroatoms. The molecule has 0 spiro atoms. The van der Waals surface area contributed by atoms with Crippen molar-refractivity contribution in [3.8, 4) is 17.3 Å². The van der Waals surface area contributed by atoms with E-state index in [0.717, 1.165) is 24.1 Å². The van der Waals surface area contributed by atoms with Gasteiger partial charge in [0.2, 0.25) is 0 Å². The number of rotatable bonds is 4. The fourth-order valence-corrected chi connectivity index (χ4v) is 2.96. The van der Waals surface area contributed by atoms with Crippen molar-refractivity contribution in [3.05, 3.63) is 65.9 Å². The molecule has 2 aromatic rings. The quantitative estimate of drug-likeness (QED) is 0.806. The molecule has 2 heterocycles. The van der Waals surface area contributed by atoms with Gasteiger partial charge in [-0.05, 0) is 30.7 Å². The maximum atomic E-state index is 12.7. The van der Waals surface area contributed by atoms with Crippen LogP contribution in [0.25, 0.3) is 11.3 Å². The highest BCUT2D eigenvalue weighted by molar-refractivity contribution is 5.95. The molecule has 0 unspecified atom stereocenters. The smallest absolute Gasteiger partial charge is 0.254 e. The first kappa shape index (κ1) is 15.9. The molecule has 0 saturated carbocycles. The largest absolute Gasteiger partial charge is 0.328 e. The number of nitrogens with zero attached hydrogens (tertiary/aromatic N) is 3. The van der Waals surface area contributed by atoms with Crippen molar-refractivity contribution >= 4 is 5.91 Å². The lowest BCUT2D eigenvalue weighted by Gasteiger charge is -2.24. The Morgan fingerprint density at radius 1 is 1.29 bits per heavy atom. The van der Waals surface area contributed by atoms with Gasteiger partial charge in [-0.25, -0.2) is 4.98 Å². The number of hydrogen-bond acceptors (Lipinski definition) is 3. The van der Waals surface area contributed by atoms with Crippen LogP contribution < -0.4 is 0 Å². The van der Waals surface area contributed by atoms with E-state index in [1.54, 1.807) is 6.07 Å². The Morgan fingerprint density at radius 2 is 2.08 bits per heavy atom. The van der Waals surface area contributed by atoms with Gasteiger partial charge in [-0.2, -0.15) is 5.26 Å². The van der Waals surface area contributed by atoms with Crippen LogP contribution in [0, 0.1) is 11.3 Å². The van der Waals surface area contributed by atoms with Crippen molar-refractivity contribution in [2.45, 2.75) is 25.8 Å². The van der Waals surface area contributed by atoms with Crippen LogP contribution in [0.3, 0.4) is 0 Å². The van der Waals surface area contributed by atoms with E-state index in [1.807, 2.05) is 47.4 Å². The number of aromatic nitrogens is 1.